The third-order valence-electron chi connectivity index (χ3n) is 4.61. The van der Waals surface area contributed by atoms with Gasteiger partial charge < -0.3 is 10.2 Å². The largest absolute Gasteiger partial charge is 0.354 e. The van der Waals surface area contributed by atoms with E-state index in [1.165, 1.54) is 48.0 Å². The average Bonchev–Trinajstić information content (AvgIpc) is 2.55. The second-order valence-electron chi connectivity index (χ2n) is 5.85. The van der Waals surface area contributed by atoms with E-state index < -0.39 is 0 Å². The van der Waals surface area contributed by atoms with E-state index >= 15 is 0 Å². The van der Waals surface area contributed by atoms with Crippen molar-refractivity contribution in [3.63, 3.8) is 0 Å². The van der Waals surface area contributed by atoms with E-state index in [9.17, 15) is 0 Å². The molecule has 1 aliphatic carbocycles. The van der Waals surface area contributed by atoms with Gasteiger partial charge in [0.2, 0.25) is 0 Å². The highest BCUT2D eigenvalue weighted by Crippen LogP contribution is 2.34. The highest BCUT2D eigenvalue weighted by molar-refractivity contribution is 5.86. The van der Waals surface area contributed by atoms with E-state index in [-0.39, 0.29) is 0 Å². The average molecular weight is 267 g/mol. The Labute approximate surface area is 120 Å². The Balaban J connectivity index is 1.90. The molecule has 0 atom stereocenters. The Bertz CT molecular complexity index is 629. The smallest absolute Gasteiger partial charge is 0.132 e. The normalized spacial score (nSPS) is 19.1. The molecule has 1 aliphatic heterocycles. The molecule has 1 N–H and O–H groups in total. The molecule has 4 rings (SSSR count). The molecule has 0 bridgehead atoms. The number of hydrogen-bond donors (Lipinski definition) is 1. The van der Waals surface area contributed by atoms with Crippen LogP contribution < -0.4 is 10.2 Å². The quantitative estimate of drug-likeness (QED) is 0.860. The Morgan fingerprint density at radius 1 is 0.950 bits per heavy atom. The fourth-order valence-electron chi connectivity index (χ4n) is 3.60. The third kappa shape index (κ3) is 1.97. The van der Waals surface area contributed by atoms with E-state index in [0.29, 0.717) is 0 Å². The number of hydrogen-bond acceptors (Lipinski definition) is 3. The zero-order valence-electron chi connectivity index (χ0n) is 11.9. The molecule has 2 heterocycles. The number of nitrogens with zero attached hydrogens (tertiary/aromatic N) is 2. The van der Waals surface area contributed by atoms with Gasteiger partial charge in [0, 0.05) is 31.6 Å². The van der Waals surface area contributed by atoms with Crippen molar-refractivity contribution in [3.8, 4) is 0 Å². The summed E-state index contributed by atoms with van der Waals surface area (Å²) in [5.74, 6) is 1.26. The van der Waals surface area contributed by atoms with Crippen LogP contribution in [0.15, 0.2) is 24.3 Å². The van der Waals surface area contributed by atoms with Gasteiger partial charge in [-0.1, -0.05) is 18.2 Å². The zero-order valence-corrected chi connectivity index (χ0v) is 11.9. The van der Waals surface area contributed by atoms with Crippen molar-refractivity contribution in [3.05, 3.63) is 35.4 Å². The number of aryl methyl sites for hydroxylation is 1. The van der Waals surface area contributed by atoms with Gasteiger partial charge in [0.1, 0.15) is 5.82 Å². The number of aromatic nitrogens is 1. The number of para-hydroxylation sites is 1. The van der Waals surface area contributed by atoms with Gasteiger partial charge >= 0.3 is 0 Å². The minimum Gasteiger partial charge on any atom is -0.354 e. The van der Waals surface area contributed by atoms with Gasteiger partial charge in [0.05, 0.1) is 5.52 Å². The highest BCUT2D eigenvalue weighted by Gasteiger charge is 2.22. The standard InChI is InChI=1S/C17H21N3/c1-2-7-15-13(5-1)14-6-3-4-8-16(14)19-17(15)20-11-9-18-10-12-20/h3-4,6,8,18H,1-2,5,7,9-12H2. The van der Waals surface area contributed by atoms with Crippen LogP contribution in [0.4, 0.5) is 5.82 Å². The van der Waals surface area contributed by atoms with Crippen molar-refractivity contribution in [1.82, 2.24) is 10.3 Å². The molecule has 0 amide bonds. The molecule has 3 nitrogen and oxygen atoms in total. The maximum absolute atomic E-state index is 5.01. The van der Waals surface area contributed by atoms with Crippen molar-refractivity contribution in [2.24, 2.45) is 0 Å². The number of benzene rings is 1. The van der Waals surface area contributed by atoms with E-state index in [2.05, 4.69) is 34.5 Å². The first kappa shape index (κ1) is 12.2. The third-order valence-corrected chi connectivity index (χ3v) is 4.61. The number of fused-ring (bicyclic) bond motifs is 3. The lowest BCUT2D eigenvalue weighted by molar-refractivity contribution is 0.580. The molecule has 0 spiro atoms. The van der Waals surface area contributed by atoms with Crippen molar-refractivity contribution < 1.29 is 0 Å². The first-order valence-corrected chi connectivity index (χ1v) is 7.79. The van der Waals surface area contributed by atoms with Crippen LogP contribution >= 0.6 is 0 Å². The summed E-state index contributed by atoms with van der Waals surface area (Å²) in [5.41, 5.74) is 4.26. The molecule has 1 aromatic heterocycles. The Morgan fingerprint density at radius 2 is 1.70 bits per heavy atom. The molecule has 1 aromatic carbocycles. The van der Waals surface area contributed by atoms with Gasteiger partial charge in [-0.15, -0.1) is 0 Å². The molecule has 104 valence electrons. The van der Waals surface area contributed by atoms with E-state index in [0.717, 1.165) is 26.2 Å². The number of anilines is 1. The van der Waals surface area contributed by atoms with Crippen LogP contribution in [0.1, 0.15) is 24.0 Å². The van der Waals surface area contributed by atoms with E-state index in [4.69, 9.17) is 4.98 Å². The monoisotopic (exact) mass is 267 g/mol. The summed E-state index contributed by atoms with van der Waals surface area (Å²) in [6.45, 7) is 4.31. The molecule has 3 heteroatoms. The summed E-state index contributed by atoms with van der Waals surface area (Å²) >= 11 is 0. The summed E-state index contributed by atoms with van der Waals surface area (Å²) in [5, 5.41) is 4.81. The molecule has 20 heavy (non-hydrogen) atoms. The topological polar surface area (TPSA) is 28.2 Å². The lowest BCUT2D eigenvalue weighted by Gasteiger charge is -2.32. The van der Waals surface area contributed by atoms with Crippen LogP contribution in [0.5, 0.6) is 0 Å². The highest BCUT2D eigenvalue weighted by atomic mass is 15.2. The maximum atomic E-state index is 5.01. The van der Waals surface area contributed by atoms with Crippen LogP contribution in [-0.2, 0) is 12.8 Å². The van der Waals surface area contributed by atoms with Crippen molar-refractivity contribution in [1.29, 1.82) is 0 Å². The first-order valence-electron chi connectivity index (χ1n) is 7.79. The van der Waals surface area contributed by atoms with E-state index in [1.807, 2.05) is 0 Å². The van der Waals surface area contributed by atoms with Gasteiger partial charge in [0.25, 0.3) is 0 Å². The van der Waals surface area contributed by atoms with Gasteiger partial charge in [-0.05, 0) is 42.9 Å². The minimum atomic E-state index is 1.07. The summed E-state index contributed by atoms with van der Waals surface area (Å²) in [7, 11) is 0. The van der Waals surface area contributed by atoms with Crippen LogP contribution in [-0.4, -0.2) is 31.2 Å². The van der Waals surface area contributed by atoms with Crippen LogP contribution in [0.3, 0.4) is 0 Å². The molecule has 0 unspecified atom stereocenters. The first-order chi connectivity index (χ1) is 9.93. The molecule has 0 saturated carbocycles. The summed E-state index contributed by atoms with van der Waals surface area (Å²) in [4.78, 5) is 7.49. The van der Waals surface area contributed by atoms with Gasteiger partial charge in [0.15, 0.2) is 0 Å². The van der Waals surface area contributed by atoms with Crippen LogP contribution in [0.2, 0.25) is 0 Å². The molecular formula is C17H21N3. The Kier molecular flexibility index (Phi) is 3.07. The zero-order chi connectivity index (χ0) is 13.4. The second-order valence-corrected chi connectivity index (χ2v) is 5.85. The molecular weight excluding hydrogens is 246 g/mol. The van der Waals surface area contributed by atoms with E-state index in [1.54, 1.807) is 5.56 Å². The number of nitrogens with one attached hydrogen (secondary N) is 1. The van der Waals surface area contributed by atoms with Gasteiger partial charge in [-0.2, -0.15) is 0 Å². The molecule has 1 fully saturated rings. The van der Waals surface area contributed by atoms with Gasteiger partial charge in [-0.3, -0.25) is 0 Å². The maximum Gasteiger partial charge on any atom is 0.132 e. The van der Waals surface area contributed by atoms with Crippen molar-refractivity contribution >= 4 is 16.7 Å². The SMILES string of the molecule is c1ccc2c3c(c(N4CCNCC4)nc2c1)CCCC3. The Morgan fingerprint density at radius 3 is 2.55 bits per heavy atom. The molecule has 2 aromatic rings. The van der Waals surface area contributed by atoms with Crippen LogP contribution in [0, 0.1) is 0 Å². The van der Waals surface area contributed by atoms with Crippen molar-refractivity contribution in [2.45, 2.75) is 25.7 Å². The minimum absolute atomic E-state index is 1.07. The molecule has 1 saturated heterocycles. The fraction of sp³-hybridized carbons (Fsp3) is 0.471. The lowest BCUT2D eigenvalue weighted by Crippen LogP contribution is -2.44. The molecule has 0 radical (unpaired) electrons. The lowest BCUT2D eigenvalue weighted by atomic mass is 9.89. The number of piperazine rings is 1. The summed E-state index contributed by atoms with van der Waals surface area (Å²) in [6.07, 6.45) is 5.05. The number of pyridine rings is 1. The fourth-order valence-corrected chi connectivity index (χ4v) is 3.60. The number of rotatable bonds is 1. The molecule has 2 aliphatic rings. The predicted octanol–water partition coefficient (Wildman–Crippen LogP) is 2.52. The van der Waals surface area contributed by atoms with Crippen molar-refractivity contribution in [2.75, 3.05) is 31.1 Å². The van der Waals surface area contributed by atoms with Gasteiger partial charge in [-0.25, -0.2) is 4.98 Å². The van der Waals surface area contributed by atoms with Crippen LogP contribution in [0.25, 0.3) is 10.9 Å². The summed E-state index contributed by atoms with van der Waals surface area (Å²) < 4.78 is 0. The second kappa shape index (κ2) is 5.06. The summed E-state index contributed by atoms with van der Waals surface area (Å²) in [6, 6.07) is 8.65. The predicted molar refractivity (Wildman–Crippen MR) is 83.5 cm³/mol. The Hall–Kier alpha value is -1.61.